The molecule has 5 nitrogen and oxygen atoms in total. The number of amides is 1. The normalized spacial score (nSPS) is 12.5. The minimum absolute atomic E-state index is 0.189. The van der Waals surface area contributed by atoms with Crippen LogP contribution in [0.25, 0.3) is 0 Å². The zero-order valence-corrected chi connectivity index (χ0v) is 14.9. The Bertz CT molecular complexity index is 817. The van der Waals surface area contributed by atoms with Crippen LogP contribution in [-0.4, -0.2) is 27.1 Å². The number of carbonyl (C=O) groups excluding carboxylic acids is 1. The summed E-state index contributed by atoms with van der Waals surface area (Å²) in [5.41, 5.74) is 2.75. The largest absolute Gasteiger partial charge is 0.351 e. The number of carbonyl (C=O) groups is 1. The summed E-state index contributed by atoms with van der Waals surface area (Å²) in [5.74, 6) is -0.0384. The summed E-state index contributed by atoms with van der Waals surface area (Å²) in [6.07, 6.45) is 1.08. The van der Waals surface area contributed by atoms with Crippen LogP contribution >= 0.6 is 0 Å². The highest BCUT2D eigenvalue weighted by molar-refractivity contribution is 7.92. The number of nitrogens with one attached hydrogen (secondary N) is 2. The Morgan fingerprint density at radius 1 is 1.12 bits per heavy atom. The van der Waals surface area contributed by atoms with Crippen LogP contribution in [0.15, 0.2) is 48.5 Å². The molecule has 128 valence electrons. The number of benzene rings is 2. The summed E-state index contributed by atoms with van der Waals surface area (Å²) in [6.45, 7) is 4.33. The van der Waals surface area contributed by atoms with Crippen LogP contribution in [0.2, 0.25) is 0 Å². The monoisotopic (exact) mass is 346 g/mol. The molecule has 0 heterocycles. The molecule has 0 aromatic heterocycles. The maximum absolute atomic E-state index is 12.3. The Balaban J connectivity index is 2.06. The van der Waals surface area contributed by atoms with E-state index in [9.17, 15) is 13.2 Å². The third-order valence-electron chi connectivity index (χ3n) is 3.73. The maximum Gasteiger partial charge on any atom is 0.251 e. The highest BCUT2D eigenvalue weighted by Crippen LogP contribution is 2.18. The molecule has 24 heavy (non-hydrogen) atoms. The van der Waals surface area contributed by atoms with E-state index in [2.05, 4.69) is 10.0 Å². The molecule has 2 rings (SSSR count). The fourth-order valence-corrected chi connectivity index (χ4v) is 2.94. The molecule has 2 N–H and O–H groups in total. The standard InChI is InChI=1S/C18H22N2O3S/c1-13-9-10-16(11-17(13)20-24(3,22)23)18(21)19-12-14(2)15-7-5-4-6-8-15/h4-11,14,20H,12H2,1-3H3,(H,19,21)/t14-/m1/s1. The van der Waals surface area contributed by atoms with Gasteiger partial charge >= 0.3 is 0 Å². The van der Waals surface area contributed by atoms with Gasteiger partial charge in [-0.15, -0.1) is 0 Å². The Kier molecular flexibility index (Phi) is 5.62. The van der Waals surface area contributed by atoms with Crippen molar-refractivity contribution in [2.75, 3.05) is 17.5 Å². The first-order valence-corrected chi connectivity index (χ1v) is 9.57. The topological polar surface area (TPSA) is 75.3 Å². The van der Waals surface area contributed by atoms with Gasteiger partial charge in [-0.05, 0) is 36.1 Å². The summed E-state index contributed by atoms with van der Waals surface area (Å²) < 4.78 is 25.2. The lowest BCUT2D eigenvalue weighted by Crippen LogP contribution is -2.27. The van der Waals surface area contributed by atoms with E-state index in [-0.39, 0.29) is 11.8 Å². The van der Waals surface area contributed by atoms with Gasteiger partial charge in [0.2, 0.25) is 10.0 Å². The molecule has 0 spiro atoms. The lowest BCUT2D eigenvalue weighted by molar-refractivity contribution is 0.0951. The number of aryl methyl sites for hydroxylation is 1. The molecule has 0 aliphatic heterocycles. The molecule has 0 unspecified atom stereocenters. The average Bonchev–Trinajstić information content (AvgIpc) is 2.54. The van der Waals surface area contributed by atoms with Crippen molar-refractivity contribution >= 4 is 21.6 Å². The second-order valence-electron chi connectivity index (χ2n) is 5.93. The Morgan fingerprint density at radius 2 is 1.79 bits per heavy atom. The second-order valence-corrected chi connectivity index (χ2v) is 7.67. The SMILES string of the molecule is Cc1ccc(C(=O)NC[C@@H](C)c2ccccc2)cc1NS(C)(=O)=O. The fraction of sp³-hybridized carbons (Fsp3) is 0.278. The van der Waals surface area contributed by atoms with Crippen LogP contribution in [0.5, 0.6) is 0 Å². The summed E-state index contributed by atoms with van der Waals surface area (Å²) in [7, 11) is -3.39. The van der Waals surface area contributed by atoms with Crippen LogP contribution in [0.1, 0.15) is 34.3 Å². The summed E-state index contributed by atoms with van der Waals surface area (Å²) in [4.78, 5) is 12.3. The summed E-state index contributed by atoms with van der Waals surface area (Å²) in [5, 5.41) is 2.89. The summed E-state index contributed by atoms with van der Waals surface area (Å²) >= 11 is 0. The van der Waals surface area contributed by atoms with Crippen LogP contribution < -0.4 is 10.0 Å². The van der Waals surface area contributed by atoms with Gasteiger partial charge in [-0.2, -0.15) is 0 Å². The van der Waals surface area contributed by atoms with E-state index in [1.54, 1.807) is 25.1 Å². The van der Waals surface area contributed by atoms with Crippen LogP contribution in [0, 0.1) is 6.92 Å². The number of hydrogen-bond donors (Lipinski definition) is 2. The molecule has 0 bridgehead atoms. The van der Waals surface area contributed by atoms with E-state index < -0.39 is 10.0 Å². The van der Waals surface area contributed by atoms with E-state index in [4.69, 9.17) is 0 Å². The van der Waals surface area contributed by atoms with Crippen LogP contribution in [-0.2, 0) is 10.0 Å². The molecule has 0 fully saturated rings. The Morgan fingerprint density at radius 3 is 2.42 bits per heavy atom. The maximum atomic E-state index is 12.3. The van der Waals surface area contributed by atoms with Crippen molar-refractivity contribution in [3.05, 3.63) is 65.2 Å². The first kappa shape index (κ1) is 18.0. The van der Waals surface area contributed by atoms with Gasteiger partial charge in [0.25, 0.3) is 5.91 Å². The lowest BCUT2D eigenvalue weighted by Gasteiger charge is -2.14. The molecular weight excluding hydrogens is 324 g/mol. The van der Waals surface area contributed by atoms with Crippen molar-refractivity contribution in [2.45, 2.75) is 19.8 Å². The number of rotatable bonds is 6. The van der Waals surface area contributed by atoms with Crippen molar-refractivity contribution in [1.29, 1.82) is 0 Å². The van der Waals surface area contributed by atoms with E-state index in [0.29, 0.717) is 17.8 Å². The first-order chi connectivity index (χ1) is 11.3. The van der Waals surface area contributed by atoms with E-state index in [1.165, 1.54) is 0 Å². The zero-order chi connectivity index (χ0) is 17.7. The minimum atomic E-state index is -3.39. The van der Waals surface area contributed by atoms with Crippen molar-refractivity contribution < 1.29 is 13.2 Å². The predicted molar refractivity (Wildman–Crippen MR) is 96.8 cm³/mol. The molecule has 0 aliphatic carbocycles. The van der Waals surface area contributed by atoms with E-state index in [0.717, 1.165) is 17.4 Å². The molecule has 1 amide bonds. The Hall–Kier alpha value is -2.34. The lowest BCUT2D eigenvalue weighted by atomic mass is 10.0. The molecule has 1 atom stereocenters. The van der Waals surface area contributed by atoms with Gasteiger partial charge in [0.1, 0.15) is 0 Å². The van der Waals surface area contributed by atoms with E-state index >= 15 is 0 Å². The molecule has 2 aromatic rings. The molecule has 6 heteroatoms. The summed E-state index contributed by atoms with van der Waals surface area (Å²) in [6, 6.07) is 14.9. The fourth-order valence-electron chi connectivity index (χ4n) is 2.32. The number of hydrogen-bond acceptors (Lipinski definition) is 3. The zero-order valence-electron chi connectivity index (χ0n) is 14.0. The van der Waals surface area contributed by atoms with Gasteiger partial charge in [0, 0.05) is 12.1 Å². The van der Waals surface area contributed by atoms with Crippen molar-refractivity contribution in [3.8, 4) is 0 Å². The quantitative estimate of drug-likeness (QED) is 0.844. The first-order valence-electron chi connectivity index (χ1n) is 7.68. The third kappa shape index (κ3) is 5.09. The van der Waals surface area contributed by atoms with Gasteiger partial charge in [0.05, 0.1) is 11.9 Å². The number of anilines is 1. The molecule has 0 radical (unpaired) electrons. The van der Waals surface area contributed by atoms with Crippen molar-refractivity contribution in [1.82, 2.24) is 5.32 Å². The third-order valence-corrected chi connectivity index (χ3v) is 4.32. The average molecular weight is 346 g/mol. The molecule has 2 aromatic carbocycles. The number of sulfonamides is 1. The van der Waals surface area contributed by atoms with Crippen molar-refractivity contribution in [2.24, 2.45) is 0 Å². The van der Waals surface area contributed by atoms with E-state index in [1.807, 2.05) is 37.3 Å². The van der Waals surface area contributed by atoms with Gasteiger partial charge < -0.3 is 5.32 Å². The minimum Gasteiger partial charge on any atom is -0.351 e. The smallest absolute Gasteiger partial charge is 0.251 e. The van der Waals surface area contributed by atoms with Gasteiger partial charge in [-0.25, -0.2) is 8.42 Å². The van der Waals surface area contributed by atoms with Crippen LogP contribution in [0.3, 0.4) is 0 Å². The highest BCUT2D eigenvalue weighted by atomic mass is 32.2. The van der Waals surface area contributed by atoms with Crippen molar-refractivity contribution in [3.63, 3.8) is 0 Å². The Labute approximate surface area is 143 Å². The molecular formula is C18H22N2O3S. The molecule has 0 aliphatic rings. The van der Waals surface area contributed by atoms with Gasteiger partial charge in [0.15, 0.2) is 0 Å². The second kappa shape index (κ2) is 7.49. The van der Waals surface area contributed by atoms with Gasteiger partial charge in [-0.1, -0.05) is 43.3 Å². The molecule has 0 saturated carbocycles. The van der Waals surface area contributed by atoms with Crippen LogP contribution in [0.4, 0.5) is 5.69 Å². The van der Waals surface area contributed by atoms with Gasteiger partial charge in [-0.3, -0.25) is 9.52 Å². The predicted octanol–water partition coefficient (Wildman–Crippen LogP) is 2.90. The molecule has 0 saturated heterocycles. The highest BCUT2D eigenvalue weighted by Gasteiger charge is 2.12.